The highest BCUT2D eigenvalue weighted by Gasteiger charge is 2.21. The van der Waals surface area contributed by atoms with Crippen LogP contribution in [0.1, 0.15) is 29.3 Å². The van der Waals surface area contributed by atoms with Gasteiger partial charge in [-0.05, 0) is 49.6 Å². The molecule has 4 nitrogen and oxygen atoms in total. The van der Waals surface area contributed by atoms with Gasteiger partial charge in [-0.25, -0.2) is 4.79 Å². The molecule has 0 amide bonds. The molecule has 0 heterocycles. The first-order valence-corrected chi connectivity index (χ1v) is 9.21. The lowest BCUT2D eigenvalue weighted by Crippen LogP contribution is -2.27. The average Bonchev–Trinajstić information content (AvgIpc) is 2.72. The summed E-state index contributed by atoms with van der Waals surface area (Å²) in [5.74, 6) is 0.195. The third-order valence-corrected chi connectivity index (χ3v) is 4.32. The standard InChI is InChI=1S/C24H22O4/c1-18(25)22(17-16-19-10-4-2-5-11-19)28-23-15-9-8-14-21(23)24(26)27-20-12-6-3-7-13-20/h2-15,22H,16-17H2,1H3. The molecule has 0 fully saturated rings. The summed E-state index contributed by atoms with van der Waals surface area (Å²) >= 11 is 0. The molecule has 0 aliphatic heterocycles. The van der Waals surface area contributed by atoms with E-state index in [1.165, 1.54) is 6.92 Å². The molecular formula is C24H22O4. The van der Waals surface area contributed by atoms with Crippen molar-refractivity contribution >= 4 is 11.8 Å². The van der Waals surface area contributed by atoms with Crippen molar-refractivity contribution in [1.82, 2.24) is 0 Å². The Bertz CT molecular complexity index is 920. The van der Waals surface area contributed by atoms with Crippen molar-refractivity contribution in [3.63, 3.8) is 0 Å². The zero-order valence-corrected chi connectivity index (χ0v) is 15.7. The van der Waals surface area contributed by atoms with E-state index in [1.54, 1.807) is 48.5 Å². The fraction of sp³-hybridized carbons (Fsp3) is 0.167. The number of aryl methyl sites for hydroxylation is 1. The van der Waals surface area contributed by atoms with Gasteiger partial charge in [0.1, 0.15) is 17.1 Å². The van der Waals surface area contributed by atoms with E-state index < -0.39 is 12.1 Å². The molecular weight excluding hydrogens is 352 g/mol. The number of ether oxygens (including phenoxy) is 2. The summed E-state index contributed by atoms with van der Waals surface area (Å²) in [7, 11) is 0. The molecule has 0 bridgehead atoms. The van der Waals surface area contributed by atoms with E-state index in [0.29, 0.717) is 24.3 Å². The largest absolute Gasteiger partial charge is 0.482 e. The van der Waals surface area contributed by atoms with Crippen LogP contribution in [-0.4, -0.2) is 17.9 Å². The summed E-state index contributed by atoms with van der Waals surface area (Å²) in [6.45, 7) is 1.50. The van der Waals surface area contributed by atoms with Crippen LogP contribution in [0.5, 0.6) is 11.5 Å². The van der Waals surface area contributed by atoms with Crippen LogP contribution in [0.3, 0.4) is 0 Å². The van der Waals surface area contributed by atoms with Crippen LogP contribution in [-0.2, 0) is 11.2 Å². The lowest BCUT2D eigenvalue weighted by molar-refractivity contribution is -0.123. The summed E-state index contributed by atoms with van der Waals surface area (Å²) in [4.78, 5) is 24.7. The second-order valence-corrected chi connectivity index (χ2v) is 6.44. The first kappa shape index (κ1) is 19.4. The first-order chi connectivity index (χ1) is 13.6. The smallest absolute Gasteiger partial charge is 0.347 e. The van der Waals surface area contributed by atoms with Gasteiger partial charge in [-0.1, -0.05) is 60.7 Å². The van der Waals surface area contributed by atoms with Gasteiger partial charge in [-0.15, -0.1) is 0 Å². The molecule has 28 heavy (non-hydrogen) atoms. The molecule has 0 saturated carbocycles. The number of rotatable bonds is 8. The number of esters is 1. The lowest BCUT2D eigenvalue weighted by atomic mass is 10.0. The van der Waals surface area contributed by atoms with Gasteiger partial charge in [0.2, 0.25) is 0 Å². The first-order valence-electron chi connectivity index (χ1n) is 9.21. The zero-order chi connectivity index (χ0) is 19.8. The van der Waals surface area contributed by atoms with Crippen LogP contribution in [0.15, 0.2) is 84.9 Å². The maximum atomic E-state index is 12.6. The van der Waals surface area contributed by atoms with Crippen LogP contribution in [0.4, 0.5) is 0 Å². The van der Waals surface area contributed by atoms with Crippen LogP contribution in [0.2, 0.25) is 0 Å². The molecule has 0 aliphatic rings. The monoisotopic (exact) mass is 374 g/mol. The molecule has 3 aromatic rings. The van der Waals surface area contributed by atoms with Gasteiger partial charge in [-0.3, -0.25) is 4.79 Å². The number of Topliss-reactive ketones (excluding diaryl/α,β-unsaturated/α-hetero) is 1. The molecule has 0 saturated heterocycles. The molecule has 0 spiro atoms. The third-order valence-electron chi connectivity index (χ3n) is 4.32. The highest BCUT2D eigenvalue weighted by Crippen LogP contribution is 2.23. The van der Waals surface area contributed by atoms with E-state index in [9.17, 15) is 9.59 Å². The van der Waals surface area contributed by atoms with Crippen molar-refractivity contribution in [1.29, 1.82) is 0 Å². The van der Waals surface area contributed by atoms with Gasteiger partial charge in [0.15, 0.2) is 11.9 Å². The minimum atomic E-state index is -0.633. The minimum Gasteiger partial charge on any atom is -0.482 e. The molecule has 0 aliphatic carbocycles. The van der Waals surface area contributed by atoms with Gasteiger partial charge in [-0.2, -0.15) is 0 Å². The van der Waals surface area contributed by atoms with Crippen LogP contribution in [0, 0.1) is 0 Å². The van der Waals surface area contributed by atoms with Gasteiger partial charge in [0.05, 0.1) is 0 Å². The summed E-state index contributed by atoms with van der Waals surface area (Å²) in [5.41, 5.74) is 1.42. The van der Waals surface area contributed by atoms with Gasteiger partial charge < -0.3 is 9.47 Å². The molecule has 0 aromatic heterocycles. The normalized spacial score (nSPS) is 11.5. The molecule has 4 heteroatoms. The number of ketones is 1. The fourth-order valence-corrected chi connectivity index (χ4v) is 2.83. The van der Waals surface area contributed by atoms with Gasteiger partial charge in [0, 0.05) is 0 Å². The van der Waals surface area contributed by atoms with E-state index in [2.05, 4.69) is 0 Å². The maximum Gasteiger partial charge on any atom is 0.347 e. The van der Waals surface area contributed by atoms with Crippen molar-refractivity contribution < 1.29 is 19.1 Å². The second-order valence-electron chi connectivity index (χ2n) is 6.44. The maximum absolute atomic E-state index is 12.6. The third kappa shape index (κ3) is 5.30. The highest BCUT2D eigenvalue weighted by molar-refractivity contribution is 5.94. The summed E-state index contributed by atoms with van der Waals surface area (Å²) in [6, 6.07) is 25.6. The molecule has 1 atom stereocenters. The number of benzene rings is 3. The Morgan fingerprint density at radius 3 is 2.11 bits per heavy atom. The van der Waals surface area contributed by atoms with E-state index in [4.69, 9.17) is 9.47 Å². The van der Waals surface area contributed by atoms with Crippen molar-refractivity contribution in [2.75, 3.05) is 0 Å². The van der Waals surface area contributed by atoms with Crippen molar-refractivity contribution in [2.45, 2.75) is 25.9 Å². The van der Waals surface area contributed by atoms with Gasteiger partial charge in [0.25, 0.3) is 0 Å². The van der Waals surface area contributed by atoms with E-state index >= 15 is 0 Å². The average molecular weight is 374 g/mol. The highest BCUT2D eigenvalue weighted by atomic mass is 16.5. The predicted octanol–water partition coefficient (Wildman–Crippen LogP) is 4.88. The topological polar surface area (TPSA) is 52.6 Å². The number of hydrogen-bond donors (Lipinski definition) is 0. The lowest BCUT2D eigenvalue weighted by Gasteiger charge is -2.18. The Balaban J connectivity index is 1.73. The van der Waals surface area contributed by atoms with Crippen LogP contribution < -0.4 is 9.47 Å². The molecule has 142 valence electrons. The van der Waals surface area contributed by atoms with Crippen LogP contribution >= 0.6 is 0 Å². The van der Waals surface area contributed by atoms with Crippen molar-refractivity contribution in [3.8, 4) is 11.5 Å². The van der Waals surface area contributed by atoms with E-state index in [1.807, 2.05) is 36.4 Å². The SMILES string of the molecule is CC(=O)C(CCc1ccccc1)Oc1ccccc1C(=O)Oc1ccccc1. The molecule has 3 rings (SSSR count). The Hall–Kier alpha value is -3.40. The Morgan fingerprint density at radius 1 is 0.821 bits per heavy atom. The van der Waals surface area contributed by atoms with Crippen molar-refractivity contribution in [2.24, 2.45) is 0 Å². The fourth-order valence-electron chi connectivity index (χ4n) is 2.83. The summed E-state index contributed by atoms with van der Waals surface area (Å²) in [6.07, 6.45) is 0.606. The molecule has 0 N–H and O–H groups in total. The minimum absolute atomic E-state index is 0.0813. The number of carbonyl (C=O) groups is 2. The Labute approximate surface area is 164 Å². The van der Waals surface area contributed by atoms with Gasteiger partial charge >= 0.3 is 5.97 Å². The number of carbonyl (C=O) groups excluding carboxylic acids is 2. The molecule has 1 unspecified atom stereocenters. The molecule has 3 aromatic carbocycles. The van der Waals surface area contributed by atoms with Crippen molar-refractivity contribution in [3.05, 3.63) is 96.1 Å². The second kappa shape index (κ2) is 9.51. The van der Waals surface area contributed by atoms with Crippen LogP contribution in [0.25, 0.3) is 0 Å². The Kier molecular flexibility index (Phi) is 6.58. The van der Waals surface area contributed by atoms with E-state index in [-0.39, 0.29) is 11.3 Å². The summed E-state index contributed by atoms with van der Waals surface area (Å²) < 4.78 is 11.3. The number of para-hydroxylation sites is 2. The quantitative estimate of drug-likeness (QED) is 0.417. The summed E-state index contributed by atoms with van der Waals surface area (Å²) in [5, 5.41) is 0. The predicted molar refractivity (Wildman–Crippen MR) is 108 cm³/mol. The number of hydrogen-bond acceptors (Lipinski definition) is 4. The molecule has 0 radical (unpaired) electrons. The Morgan fingerprint density at radius 2 is 1.43 bits per heavy atom. The van der Waals surface area contributed by atoms with E-state index in [0.717, 1.165) is 5.56 Å². The zero-order valence-electron chi connectivity index (χ0n) is 15.7.